The molecule has 2 aromatic carbocycles. The molecule has 19 heavy (non-hydrogen) atoms. The Balaban J connectivity index is 2.05. The molecule has 0 unspecified atom stereocenters. The number of benzene rings is 2. The van der Waals surface area contributed by atoms with Crippen molar-refractivity contribution < 1.29 is 8.78 Å². The van der Waals surface area contributed by atoms with E-state index < -0.39 is 12.5 Å². The third-order valence-corrected chi connectivity index (χ3v) is 2.80. The zero-order chi connectivity index (χ0) is 13.7. The third-order valence-electron chi connectivity index (χ3n) is 2.80. The Hall–Kier alpha value is -2.03. The highest BCUT2D eigenvalue weighted by Gasteiger charge is 2.30. The third kappa shape index (κ3) is 3.71. The number of hydrogen-bond acceptors (Lipinski definition) is 1. The van der Waals surface area contributed by atoms with Gasteiger partial charge in [0.15, 0.2) is 0 Å². The monoisotopic (exact) mass is 259 g/mol. The number of aryl methyl sites for hydroxylation is 1. The topological polar surface area (TPSA) is 12.4 Å². The number of halogens is 2. The smallest absolute Gasteiger partial charge is 0.286 e. The van der Waals surface area contributed by atoms with Crippen LogP contribution >= 0.6 is 0 Å². The molecule has 1 nitrogen and oxygen atoms in total. The summed E-state index contributed by atoms with van der Waals surface area (Å²) in [5.41, 5.74) is 1.79. The van der Waals surface area contributed by atoms with Crippen molar-refractivity contribution in [3.05, 3.63) is 71.3 Å². The van der Waals surface area contributed by atoms with Crippen molar-refractivity contribution in [3.8, 4) is 0 Å². The lowest BCUT2D eigenvalue weighted by Crippen LogP contribution is -2.17. The molecule has 0 aliphatic carbocycles. The minimum Gasteiger partial charge on any atom is -0.286 e. The van der Waals surface area contributed by atoms with Crippen molar-refractivity contribution in [1.29, 1.82) is 0 Å². The Kier molecular flexibility index (Phi) is 4.05. The van der Waals surface area contributed by atoms with E-state index in [4.69, 9.17) is 0 Å². The van der Waals surface area contributed by atoms with Gasteiger partial charge in [-0.1, -0.05) is 60.2 Å². The molecule has 0 aliphatic rings. The summed E-state index contributed by atoms with van der Waals surface area (Å²) < 4.78 is 27.8. The van der Waals surface area contributed by atoms with E-state index >= 15 is 0 Å². The summed E-state index contributed by atoms with van der Waals surface area (Å²) in [4.78, 5) is 3.84. The van der Waals surface area contributed by atoms with Crippen molar-refractivity contribution >= 4 is 6.21 Å². The quantitative estimate of drug-likeness (QED) is 0.729. The molecule has 0 atom stereocenters. The van der Waals surface area contributed by atoms with Gasteiger partial charge in [0.2, 0.25) is 0 Å². The molecule has 0 heterocycles. The van der Waals surface area contributed by atoms with Crippen LogP contribution in [0.1, 0.15) is 16.7 Å². The minimum absolute atomic E-state index is 0.00307. The summed E-state index contributed by atoms with van der Waals surface area (Å²) in [6, 6.07) is 15.5. The second kappa shape index (κ2) is 5.74. The predicted octanol–water partition coefficient (Wildman–Crippen LogP) is 4.21. The van der Waals surface area contributed by atoms with Crippen LogP contribution in [0.25, 0.3) is 0 Å². The van der Waals surface area contributed by atoms with E-state index in [1.165, 1.54) is 18.3 Å². The van der Waals surface area contributed by atoms with Crippen LogP contribution in [0.15, 0.2) is 59.6 Å². The number of hydrogen-bond donors (Lipinski definition) is 0. The van der Waals surface area contributed by atoms with Gasteiger partial charge in [0, 0.05) is 11.8 Å². The van der Waals surface area contributed by atoms with Gasteiger partial charge in [-0.3, -0.25) is 4.99 Å². The van der Waals surface area contributed by atoms with E-state index in [0.717, 1.165) is 11.1 Å². The number of rotatable bonds is 4. The fraction of sp³-hybridized carbons (Fsp3) is 0.188. The zero-order valence-electron chi connectivity index (χ0n) is 10.7. The molecule has 98 valence electrons. The highest BCUT2D eigenvalue weighted by atomic mass is 19.3. The first-order chi connectivity index (χ1) is 9.08. The SMILES string of the molecule is Cc1ccc(C(F)(F)CN=Cc2ccccc2)cc1. The highest BCUT2D eigenvalue weighted by molar-refractivity contribution is 5.79. The molecule has 0 bridgehead atoms. The Labute approximate surface area is 111 Å². The van der Waals surface area contributed by atoms with Crippen molar-refractivity contribution in [2.75, 3.05) is 6.54 Å². The Morgan fingerprint density at radius 3 is 2.26 bits per heavy atom. The van der Waals surface area contributed by atoms with Gasteiger partial charge in [-0.2, -0.15) is 8.78 Å². The first-order valence-electron chi connectivity index (χ1n) is 6.08. The number of aliphatic imine (C=N–C) groups is 1. The molecular formula is C16H15F2N. The van der Waals surface area contributed by atoms with Gasteiger partial charge in [-0.25, -0.2) is 0 Å². The molecule has 0 fully saturated rings. The fourth-order valence-electron chi connectivity index (χ4n) is 1.69. The average molecular weight is 259 g/mol. The van der Waals surface area contributed by atoms with Gasteiger partial charge in [-0.15, -0.1) is 0 Å². The zero-order valence-corrected chi connectivity index (χ0v) is 10.7. The van der Waals surface area contributed by atoms with Crippen LogP contribution in [-0.2, 0) is 5.92 Å². The lowest BCUT2D eigenvalue weighted by atomic mass is 10.1. The second-order valence-electron chi connectivity index (χ2n) is 4.45. The molecule has 0 saturated heterocycles. The van der Waals surface area contributed by atoms with E-state index in [1.54, 1.807) is 12.1 Å². The molecular weight excluding hydrogens is 244 g/mol. The van der Waals surface area contributed by atoms with Crippen LogP contribution in [0.3, 0.4) is 0 Å². The van der Waals surface area contributed by atoms with Gasteiger partial charge in [0.1, 0.15) is 6.54 Å². The van der Waals surface area contributed by atoms with E-state index in [0.29, 0.717) is 0 Å². The molecule has 0 N–H and O–H groups in total. The van der Waals surface area contributed by atoms with E-state index in [-0.39, 0.29) is 5.56 Å². The Morgan fingerprint density at radius 1 is 1.00 bits per heavy atom. The van der Waals surface area contributed by atoms with Gasteiger partial charge in [0.05, 0.1) is 0 Å². The molecule has 2 aromatic rings. The summed E-state index contributed by atoms with van der Waals surface area (Å²) in [5, 5.41) is 0. The maximum Gasteiger partial charge on any atom is 0.292 e. The van der Waals surface area contributed by atoms with Crippen molar-refractivity contribution in [2.24, 2.45) is 4.99 Å². The van der Waals surface area contributed by atoms with Gasteiger partial charge < -0.3 is 0 Å². The first-order valence-corrected chi connectivity index (χ1v) is 6.08. The van der Waals surface area contributed by atoms with Crippen LogP contribution in [-0.4, -0.2) is 12.8 Å². The van der Waals surface area contributed by atoms with E-state index in [1.807, 2.05) is 37.3 Å². The largest absolute Gasteiger partial charge is 0.292 e. The molecule has 0 radical (unpaired) electrons. The maximum atomic E-state index is 13.9. The Morgan fingerprint density at radius 2 is 1.63 bits per heavy atom. The molecule has 2 rings (SSSR count). The summed E-state index contributed by atoms with van der Waals surface area (Å²) >= 11 is 0. The van der Waals surface area contributed by atoms with Gasteiger partial charge in [0.25, 0.3) is 5.92 Å². The maximum absolute atomic E-state index is 13.9. The van der Waals surface area contributed by atoms with Crippen LogP contribution in [0.2, 0.25) is 0 Å². The van der Waals surface area contributed by atoms with Crippen LogP contribution in [0, 0.1) is 6.92 Å². The summed E-state index contributed by atoms with van der Waals surface area (Å²) in [7, 11) is 0. The van der Waals surface area contributed by atoms with Crippen LogP contribution < -0.4 is 0 Å². The van der Waals surface area contributed by atoms with Gasteiger partial charge >= 0.3 is 0 Å². The lowest BCUT2D eigenvalue weighted by molar-refractivity contribution is 0.00668. The molecule has 0 aromatic heterocycles. The van der Waals surface area contributed by atoms with Gasteiger partial charge in [-0.05, 0) is 12.5 Å². The lowest BCUT2D eigenvalue weighted by Gasteiger charge is -2.14. The fourth-order valence-corrected chi connectivity index (χ4v) is 1.69. The standard InChI is InChI=1S/C16H15F2N/c1-13-7-9-15(10-8-13)16(17,18)12-19-11-14-5-3-2-4-6-14/h2-11H,12H2,1H3. The summed E-state index contributed by atoms with van der Waals surface area (Å²) in [6.45, 7) is 1.33. The number of alkyl halides is 2. The van der Waals surface area contributed by atoms with E-state index in [2.05, 4.69) is 4.99 Å². The minimum atomic E-state index is -2.93. The molecule has 0 aliphatic heterocycles. The summed E-state index contributed by atoms with van der Waals surface area (Å²) in [5.74, 6) is -2.93. The first kappa shape index (κ1) is 13.4. The van der Waals surface area contributed by atoms with E-state index in [9.17, 15) is 8.78 Å². The highest BCUT2D eigenvalue weighted by Crippen LogP contribution is 2.28. The number of nitrogens with zero attached hydrogens (tertiary/aromatic N) is 1. The van der Waals surface area contributed by atoms with Crippen molar-refractivity contribution in [3.63, 3.8) is 0 Å². The molecule has 0 spiro atoms. The predicted molar refractivity (Wildman–Crippen MR) is 74.0 cm³/mol. The van der Waals surface area contributed by atoms with Crippen LogP contribution in [0.4, 0.5) is 8.78 Å². The average Bonchev–Trinajstić information content (AvgIpc) is 2.40. The molecule has 0 saturated carbocycles. The Bertz CT molecular complexity index is 545. The molecule has 3 heteroatoms. The normalized spacial score (nSPS) is 11.9. The van der Waals surface area contributed by atoms with Crippen molar-refractivity contribution in [1.82, 2.24) is 0 Å². The van der Waals surface area contributed by atoms with Crippen LogP contribution in [0.5, 0.6) is 0 Å². The van der Waals surface area contributed by atoms with Crippen molar-refractivity contribution in [2.45, 2.75) is 12.8 Å². The molecule has 0 amide bonds. The summed E-state index contributed by atoms with van der Waals surface area (Å²) in [6.07, 6.45) is 1.47. The second-order valence-corrected chi connectivity index (χ2v) is 4.45.